The second kappa shape index (κ2) is 8.43. The third-order valence-electron chi connectivity index (χ3n) is 4.36. The minimum Gasteiger partial charge on any atom is -0.326 e. The molecule has 2 aromatic carbocycles. The molecule has 2 N–H and O–H groups in total. The lowest BCUT2D eigenvalue weighted by molar-refractivity contribution is -0.384. The van der Waals surface area contributed by atoms with Crippen LogP contribution in [0.3, 0.4) is 0 Å². The van der Waals surface area contributed by atoms with Crippen LogP contribution < -0.4 is 10.7 Å². The van der Waals surface area contributed by atoms with Gasteiger partial charge in [-0.1, -0.05) is 24.3 Å². The van der Waals surface area contributed by atoms with Gasteiger partial charge in [0, 0.05) is 23.7 Å². The van der Waals surface area contributed by atoms with Crippen molar-refractivity contribution in [2.75, 3.05) is 5.32 Å². The Balaban J connectivity index is 1.57. The normalized spacial score (nSPS) is 13.7. The van der Waals surface area contributed by atoms with Crippen molar-refractivity contribution in [2.24, 2.45) is 11.0 Å². The number of amides is 2. The number of non-ortho nitro benzene ring substituents is 1. The summed E-state index contributed by atoms with van der Waals surface area (Å²) < 4.78 is 0. The zero-order valence-electron chi connectivity index (χ0n) is 15.3. The van der Waals surface area contributed by atoms with Gasteiger partial charge in [-0.15, -0.1) is 0 Å². The predicted molar refractivity (Wildman–Crippen MR) is 105 cm³/mol. The number of rotatable bonds is 7. The highest BCUT2D eigenvalue weighted by Gasteiger charge is 2.29. The van der Waals surface area contributed by atoms with Crippen LogP contribution in [0.5, 0.6) is 0 Å². The van der Waals surface area contributed by atoms with E-state index in [-0.39, 0.29) is 29.8 Å². The van der Waals surface area contributed by atoms with Crippen molar-refractivity contribution >= 4 is 28.9 Å². The molecule has 1 saturated carbocycles. The number of hydrogen-bond acceptors (Lipinski definition) is 5. The number of nitrogens with one attached hydrogen (secondary N) is 2. The van der Waals surface area contributed by atoms with Crippen LogP contribution in [0.4, 0.5) is 11.4 Å². The molecule has 1 fully saturated rings. The summed E-state index contributed by atoms with van der Waals surface area (Å²) in [5.41, 5.74) is 5.19. The van der Waals surface area contributed by atoms with Gasteiger partial charge in [-0.3, -0.25) is 19.7 Å². The van der Waals surface area contributed by atoms with Crippen LogP contribution in [0.25, 0.3) is 0 Å². The van der Waals surface area contributed by atoms with E-state index in [1.807, 2.05) is 24.3 Å². The monoisotopic (exact) mass is 380 g/mol. The van der Waals surface area contributed by atoms with Crippen LogP contribution in [0.1, 0.15) is 30.9 Å². The van der Waals surface area contributed by atoms with E-state index >= 15 is 0 Å². The zero-order valence-corrected chi connectivity index (χ0v) is 15.3. The summed E-state index contributed by atoms with van der Waals surface area (Å²) in [6, 6.07) is 13.1. The predicted octanol–water partition coefficient (Wildman–Crippen LogP) is 3.03. The van der Waals surface area contributed by atoms with E-state index in [2.05, 4.69) is 15.8 Å². The van der Waals surface area contributed by atoms with Crippen LogP contribution >= 0.6 is 0 Å². The van der Waals surface area contributed by atoms with Crippen molar-refractivity contribution in [1.82, 2.24) is 5.43 Å². The molecule has 1 aliphatic rings. The Kier molecular flexibility index (Phi) is 5.78. The van der Waals surface area contributed by atoms with Gasteiger partial charge in [-0.25, -0.2) is 5.43 Å². The maximum Gasteiger partial charge on any atom is 0.269 e. The van der Waals surface area contributed by atoms with E-state index in [9.17, 15) is 19.7 Å². The first-order chi connectivity index (χ1) is 13.4. The molecule has 28 heavy (non-hydrogen) atoms. The van der Waals surface area contributed by atoms with Crippen LogP contribution in [-0.4, -0.2) is 22.4 Å². The minimum atomic E-state index is -0.487. The molecule has 8 heteroatoms. The van der Waals surface area contributed by atoms with E-state index in [0.717, 1.165) is 18.4 Å². The van der Waals surface area contributed by atoms with Crippen molar-refractivity contribution in [2.45, 2.75) is 26.2 Å². The summed E-state index contributed by atoms with van der Waals surface area (Å²) in [4.78, 5) is 34.1. The van der Waals surface area contributed by atoms with E-state index in [4.69, 9.17) is 0 Å². The van der Waals surface area contributed by atoms with Crippen molar-refractivity contribution in [1.29, 1.82) is 0 Å². The average Bonchev–Trinajstić information content (AvgIpc) is 3.52. The Bertz CT molecular complexity index is 933. The molecule has 0 aliphatic heterocycles. The number of nitro groups is 1. The Morgan fingerprint density at radius 1 is 1.18 bits per heavy atom. The summed E-state index contributed by atoms with van der Waals surface area (Å²) in [6.45, 7) is 1.76. The maximum atomic E-state index is 12.1. The second-order valence-corrected chi connectivity index (χ2v) is 6.68. The second-order valence-electron chi connectivity index (χ2n) is 6.68. The zero-order chi connectivity index (χ0) is 20.1. The van der Waals surface area contributed by atoms with Crippen molar-refractivity contribution in [3.05, 3.63) is 69.8 Å². The largest absolute Gasteiger partial charge is 0.326 e. The molecule has 0 heterocycles. The fourth-order valence-corrected chi connectivity index (χ4v) is 2.58. The van der Waals surface area contributed by atoms with Gasteiger partial charge in [0.05, 0.1) is 17.1 Å². The standard InChI is InChI=1S/C20H20N4O4/c1-13(16-3-2-4-17(12-16)21-20(26)15-7-8-15)22-23-19(25)11-14-5-9-18(10-6-14)24(27)28/h2-6,9-10,12,15H,7-8,11H2,1H3,(H,21,26)(H,23,25)/b22-13+. The van der Waals surface area contributed by atoms with Crippen LogP contribution in [0.15, 0.2) is 53.6 Å². The molecule has 8 nitrogen and oxygen atoms in total. The molecule has 0 bridgehead atoms. The fourth-order valence-electron chi connectivity index (χ4n) is 2.58. The lowest BCUT2D eigenvalue weighted by Gasteiger charge is -2.07. The van der Waals surface area contributed by atoms with Gasteiger partial charge in [-0.05, 0) is 43.0 Å². The van der Waals surface area contributed by atoms with Crippen LogP contribution in [-0.2, 0) is 16.0 Å². The Hall–Kier alpha value is -3.55. The Labute approximate surface area is 161 Å². The lowest BCUT2D eigenvalue weighted by Crippen LogP contribution is -2.21. The first kappa shape index (κ1) is 19.2. The first-order valence-corrected chi connectivity index (χ1v) is 8.90. The summed E-state index contributed by atoms with van der Waals surface area (Å²) in [5.74, 6) is -0.174. The van der Waals surface area contributed by atoms with Crippen molar-refractivity contribution in [3.8, 4) is 0 Å². The Morgan fingerprint density at radius 3 is 2.54 bits per heavy atom. The highest BCUT2D eigenvalue weighted by molar-refractivity contribution is 6.01. The topological polar surface area (TPSA) is 114 Å². The van der Waals surface area contributed by atoms with Gasteiger partial charge in [-0.2, -0.15) is 5.10 Å². The SMILES string of the molecule is C/C(=N\NC(=O)Cc1ccc([N+](=O)[O-])cc1)c1cccc(NC(=O)C2CC2)c1. The molecule has 144 valence electrons. The molecule has 3 rings (SSSR count). The van der Waals surface area contributed by atoms with Gasteiger partial charge >= 0.3 is 0 Å². The summed E-state index contributed by atoms with van der Waals surface area (Å²) in [5, 5.41) is 17.6. The molecular formula is C20H20N4O4. The van der Waals surface area contributed by atoms with E-state index < -0.39 is 4.92 Å². The van der Waals surface area contributed by atoms with Crippen LogP contribution in [0.2, 0.25) is 0 Å². The van der Waals surface area contributed by atoms with Gasteiger partial charge < -0.3 is 5.32 Å². The smallest absolute Gasteiger partial charge is 0.269 e. The van der Waals surface area contributed by atoms with Crippen molar-refractivity contribution < 1.29 is 14.5 Å². The number of benzene rings is 2. The molecule has 0 spiro atoms. The first-order valence-electron chi connectivity index (χ1n) is 8.90. The highest BCUT2D eigenvalue weighted by Crippen LogP contribution is 2.30. The molecule has 0 radical (unpaired) electrons. The van der Waals surface area contributed by atoms with Gasteiger partial charge in [0.25, 0.3) is 5.69 Å². The number of nitrogens with zero attached hydrogens (tertiary/aromatic N) is 2. The molecule has 0 unspecified atom stereocenters. The maximum absolute atomic E-state index is 12.1. The molecular weight excluding hydrogens is 360 g/mol. The quantitative estimate of drug-likeness (QED) is 0.436. The summed E-state index contributed by atoms with van der Waals surface area (Å²) in [6.07, 6.45) is 1.94. The van der Waals surface area contributed by atoms with E-state index in [0.29, 0.717) is 17.0 Å². The van der Waals surface area contributed by atoms with E-state index in [1.54, 1.807) is 19.1 Å². The number of anilines is 1. The fraction of sp³-hybridized carbons (Fsp3) is 0.250. The van der Waals surface area contributed by atoms with Gasteiger partial charge in [0.15, 0.2) is 0 Å². The number of nitro benzene ring substituents is 1. The Morgan fingerprint density at radius 2 is 1.89 bits per heavy atom. The molecule has 0 atom stereocenters. The van der Waals surface area contributed by atoms with Crippen LogP contribution in [0, 0.1) is 16.0 Å². The third kappa shape index (κ3) is 5.23. The molecule has 2 amide bonds. The van der Waals surface area contributed by atoms with Gasteiger partial charge in [0.2, 0.25) is 11.8 Å². The lowest BCUT2D eigenvalue weighted by atomic mass is 10.1. The summed E-state index contributed by atoms with van der Waals surface area (Å²) in [7, 11) is 0. The molecule has 2 aromatic rings. The highest BCUT2D eigenvalue weighted by atomic mass is 16.6. The molecule has 0 saturated heterocycles. The summed E-state index contributed by atoms with van der Waals surface area (Å²) >= 11 is 0. The molecule has 1 aliphatic carbocycles. The number of carbonyl (C=O) groups excluding carboxylic acids is 2. The van der Waals surface area contributed by atoms with Crippen molar-refractivity contribution in [3.63, 3.8) is 0 Å². The number of carbonyl (C=O) groups is 2. The van der Waals surface area contributed by atoms with Gasteiger partial charge in [0.1, 0.15) is 0 Å². The minimum absolute atomic E-state index is 0.0216. The third-order valence-corrected chi connectivity index (χ3v) is 4.36. The number of hydrazone groups is 1. The molecule has 0 aromatic heterocycles. The van der Waals surface area contributed by atoms with E-state index in [1.165, 1.54) is 12.1 Å². The average molecular weight is 380 g/mol. The number of hydrogen-bond donors (Lipinski definition) is 2.